The summed E-state index contributed by atoms with van der Waals surface area (Å²) in [6.45, 7) is 10.2. The van der Waals surface area contributed by atoms with Gasteiger partial charge >= 0.3 is 12.1 Å². The molecule has 34 heavy (non-hydrogen) atoms. The molecule has 1 unspecified atom stereocenters. The van der Waals surface area contributed by atoms with Gasteiger partial charge in [0.25, 0.3) is 8.32 Å². The first-order valence-electron chi connectivity index (χ1n) is 11.2. The van der Waals surface area contributed by atoms with E-state index < -0.39 is 32.0 Å². The lowest BCUT2D eigenvalue weighted by atomic mass is 9.88. The summed E-state index contributed by atoms with van der Waals surface area (Å²) >= 11 is 5.90. The van der Waals surface area contributed by atoms with Crippen LogP contribution in [0.1, 0.15) is 33.6 Å². The Labute approximate surface area is 206 Å². The molecule has 0 bridgehead atoms. The molecule has 1 amide bonds. The minimum Gasteiger partial charge on any atom is -0.479 e. The zero-order valence-electron chi connectivity index (χ0n) is 19.8. The van der Waals surface area contributed by atoms with Crippen LogP contribution in [0.5, 0.6) is 0 Å². The third kappa shape index (κ3) is 4.65. The minimum absolute atomic E-state index is 0.0229. The zero-order chi connectivity index (χ0) is 25.1. The maximum absolute atomic E-state index is 12.5. The summed E-state index contributed by atoms with van der Waals surface area (Å²) in [7, 11) is -2.99. The van der Waals surface area contributed by atoms with E-state index in [1.807, 2.05) is 60.7 Å². The normalized spacial score (nSPS) is 20.8. The average Bonchev–Trinajstić information content (AvgIpc) is 3.17. The standard InChI is InChI=1S/C26H32ClNO5Si/c1-19(17-27)15-26(23(29)30)16-20(18-28(26)24(31)32)33-34(25(2,3)4,21-11-7-5-8-12-21)22-13-9-6-10-14-22/h5-14,20H,1,15-18H2,2-4H3,(H,29,30)(H,31,32)/t20-,26?/m0/s1. The van der Waals surface area contributed by atoms with Crippen molar-refractivity contribution >= 4 is 42.4 Å². The number of carbonyl (C=O) groups is 2. The van der Waals surface area contributed by atoms with Gasteiger partial charge in [-0.3, -0.25) is 4.90 Å². The van der Waals surface area contributed by atoms with Crippen LogP contribution >= 0.6 is 11.6 Å². The third-order valence-electron chi connectivity index (χ3n) is 6.59. The molecule has 0 aromatic heterocycles. The lowest BCUT2D eigenvalue weighted by molar-refractivity contribution is -0.148. The fraction of sp³-hybridized carbons (Fsp3) is 0.385. The van der Waals surface area contributed by atoms with Crippen molar-refractivity contribution in [1.82, 2.24) is 4.90 Å². The highest BCUT2D eigenvalue weighted by atomic mass is 35.5. The van der Waals surface area contributed by atoms with Crippen LogP contribution in [-0.2, 0) is 9.22 Å². The van der Waals surface area contributed by atoms with E-state index in [1.54, 1.807) is 0 Å². The van der Waals surface area contributed by atoms with Crippen molar-refractivity contribution in [3.63, 3.8) is 0 Å². The van der Waals surface area contributed by atoms with Crippen molar-refractivity contribution in [2.45, 2.75) is 50.3 Å². The topological polar surface area (TPSA) is 87.1 Å². The second-order valence-corrected chi connectivity index (χ2v) is 14.4. The summed E-state index contributed by atoms with van der Waals surface area (Å²) in [5, 5.41) is 21.9. The lowest BCUT2D eigenvalue weighted by Crippen LogP contribution is -2.67. The van der Waals surface area contributed by atoms with Gasteiger partial charge in [-0.05, 0) is 15.4 Å². The Morgan fingerprint density at radius 3 is 1.97 bits per heavy atom. The van der Waals surface area contributed by atoms with Crippen LogP contribution in [0.4, 0.5) is 4.79 Å². The molecule has 2 N–H and O–H groups in total. The molecule has 0 radical (unpaired) electrons. The summed E-state index contributed by atoms with van der Waals surface area (Å²) in [6.07, 6.45) is -1.94. The van der Waals surface area contributed by atoms with Crippen LogP contribution in [0.2, 0.25) is 5.04 Å². The minimum atomic E-state index is -2.99. The second-order valence-electron chi connectivity index (χ2n) is 9.90. The number of alkyl halides is 1. The molecule has 0 aliphatic carbocycles. The number of carboxylic acids is 1. The zero-order valence-corrected chi connectivity index (χ0v) is 21.6. The number of hydrogen-bond acceptors (Lipinski definition) is 3. The van der Waals surface area contributed by atoms with Crippen molar-refractivity contribution in [3.05, 3.63) is 72.8 Å². The summed E-state index contributed by atoms with van der Waals surface area (Å²) in [6, 6.07) is 20.0. The van der Waals surface area contributed by atoms with Crippen LogP contribution in [-0.4, -0.2) is 59.6 Å². The highest BCUT2D eigenvalue weighted by Gasteiger charge is 2.58. The molecule has 1 aliphatic heterocycles. The quantitative estimate of drug-likeness (QED) is 0.319. The average molecular weight is 502 g/mol. The summed E-state index contributed by atoms with van der Waals surface area (Å²) in [4.78, 5) is 25.7. The Hall–Kier alpha value is -2.61. The fourth-order valence-corrected chi connectivity index (χ4v) is 9.89. The number of rotatable bonds is 8. The van der Waals surface area contributed by atoms with Crippen molar-refractivity contribution < 1.29 is 24.2 Å². The van der Waals surface area contributed by atoms with Crippen LogP contribution in [0.25, 0.3) is 0 Å². The summed E-state index contributed by atoms with van der Waals surface area (Å²) in [5.41, 5.74) is -1.20. The number of aliphatic carboxylic acids is 1. The first kappa shape index (κ1) is 26.0. The second kappa shape index (κ2) is 9.94. The Balaban J connectivity index is 2.14. The number of likely N-dealkylation sites (tertiary alicyclic amines) is 1. The molecule has 1 saturated heterocycles. The predicted molar refractivity (Wildman–Crippen MR) is 137 cm³/mol. The number of halogens is 1. The van der Waals surface area contributed by atoms with Gasteiger partial charge in [-0.25, -0.2) is 9.59 Å². The molecule has 6 nitrogen and oxygen atoms in total. The molecular weight excluding hydrogens is 470 g/mol. The molecule has 8 heteroatoms. The van der Waals surface area contributed by atoms with E-state index in [9.17, 15) is 19.8 Å². The largest absolute Gasteiger partial charge is 0.479 e. The van der Waals surface area contributed by atoms with E-state index >= 15 is 0 Å². The van der Waals surface area contributed by atoms with Crippen molar-refractivity contribution in [1.29, 1.82) is 0 Å². The molecule has 1 aliphatic rings. The van der Waals surface area contributed by atoms with Gasteiger partial charge in [0.2, 0.25) is 0 Å². The van der Waals surface area contributed by atoms with Gasteiger partial charge in [-0.2, -0.15) is 0 Å². The Morgan fingerprint density at radius 2 is 1.59 bits per heavy atom. The van der Waals surface area contributed by atoms with Crippen LogP contribution in [0.3, 0.4) is 0 Å². The number of benzene rings is 2. The van der Waals surface area contributed by atoms with E-state index in [2.05, 4.69) is 27.4 Å². The van der Waals surface area contributed by atoms with Gasteiger partial charge in [0.05, 0.1) is 12.6 Å². The number of carboxylic acid groups (broad SMARTS) is 2. The van der Waals surface area contributed by atoms with Gasteiger partial charge in [-0.1, -0.05) is 93.6 Å². The van der Waals surface area contributed by atoms with Gasteiger partial charge in [0.15, 0.2) is 0 Å². The molecule has 2 aromatic rings. The highest BCUT2D eigenvalue weighted by molar-refractivity contribution is 6.99. The maximum Gasteiger partial charge on any atom is 0.408 e. The molecule has 1 fully saturated rings. The van der Waals surface area contributed by atoms with Gasteiger partial charge in [0.1, 0.15) is 5.54 Å². The maximum atomic E-state index is 12.5. The smallest absolute Gasteiger partial charge is 0.408 e. The Morgan fingerprint density at radius 1 is 1.09 bits per heavy atom. The SMILES string of the molecule is C=C(CCl)CC1(C(=O)O)C[C@H](O[Si](c2ccccc2)(c2ccccc2)C(C)(C)C)CN1C(=O)O. The van der Waals surface area contributed by atoms with Gasteiger partial charge in [-0.15, -0.1) is 11.6 Å². The highest BCUT2D eigenvalue weighted by Crippen LogP contribution is 2.42. The Bertz CT molecular complexity index is 1000. The van der Waals surface area contributed by atoms with Gasteiger partial charge < -0.3 is 14.6 Å². The fourth-order valence-electron chi connectivity index (χ4n) is 5.12. The van der Waals surface area contributed by atoms with Crippen LogP contribution in [0, 0.1) is 0 Å². The molecular formula is C26H32ClNO5Si. The van der Waals surface area contributed by atoms with Gasteiger partial charge in [0, 0.05) is 18.7 Å². The van der Waals surface area contributed by atoms with Crippen LogP contribution in [0.15, 0.2) is 72.8 Å². The monoisotopic (exact) mass is 501 g/mol. The molecule has 0 saturated carbocycles. The van der Waals surface area contributed by atoms with E-state index in [1.165, 1.54) is 0 Å². The number of nitrogens with zero attached hydrogens (tertiary/aromatic N) is 1. The molecule has 0 spiro atoms. The van der Waals surface area contributed by atoms with E-state index in [4.69, 9.17) is 16.0 Å². The third-order valence-corrected chi connectivity index (χ3v) is 12.1. The van der Waals surface area contributed by atoms with E-state index in [-0.39, 0.29) is 30.3 Å². The summed E-state index contributed by atoms with van der Waals surface area (Å²) in [5.74, 6) is -1.15. The molecule has 182 valence electrons. The first-order chi connectivity index (χ1) is 16.0. The predicted octanol–water partition coefficient (Wildman–Crippen LogP) is 4.32. The summed E-state index contributed by atoms with van der Waals surface area (Å²) < 4.78 is 7.04. The number of hydrogen-bond donors (Lipinski definition) is 2. The van der Waals surface area contributed by atoms with Crippen molar-refractivity contribution in [2.75, 3.05) is 12.4 Å². The number of amides is 1. The van der Waals surface area contributed by atoms with Crippen LogP contribution < -0.4 is 10.4 Å². The molecule has 2 aromatic carbocycles. The van der Waals surface area contributed by atoms with E-state index in [0.29, 0.717) is 5.57 Å². The Kier molecular flexibility index (Phi) is 7.60. The molecule has 1 heterocycles. The van der Waals surface area contributed by atoms with Crippen molar-refractivity contribution in [2.24, 2.45) is 0 Å². The lowest BCUT2D eigenvalue weighted by Gasteiger charge is -2.44. The van der Waals surface area contributed by atoms with Crippen molar-refractivity contribution in [3.8, 4) is 0 Å². The van der Waals surface area contributed by atoms with E-state index in [0.717, 1.165) is 15.3 Å². The molecule has 2 atom stereocenters. The molecule has 3 rings (SSSR count). The first-order valence-corrected chi connectivity index (χ1v) is 13.7.